The second kappa shape index (κ2) is 7.39. The van der Waals surface area contributed by atoms with E-state index in [1.165, 1.54) is 52.6 Å². The summed E-state index contributed by atoms with van der Waals surface area (Å²) in [5.74, 6) is 0.788. The first-order chi connectivity index (χ1) is 10.4. The fraction of sp³-hybridized carbons (Fsp3) is 0.556. The number of benzene rings is 1. The molecule has 1 aliphatic rings. The average Bonchev–Trinajstić information content (AvgIpc) is 2.87. The van der Waals surface area contributed by atoms with Crippen LogP contribution in [0.25, 0.3) is 10.1 Å². The van der Waals surface area contributed by atoms with Crippen LogP contribution in [0.5, 0.6) is 0 Å². The molecule has 2 aromatic rings. The third-order valence-corrected chi connectivity index (χ3v) is 5.66. The molecule has 2 nitrogen and oxygen atoms in total. The molecule has 3 heteroatoms. The highest BCUT2D eigenvalue weighted by Crippen LogP contribution is 2.32. The van der Waals surface area contributed by atoms with Gasteiger partial charge in [-0.05, 0) is 37.3 Å². The van der Waals surface area contributed by atoms with Gasteiger partial charge < -0.3 is 10.1 Å². The van der Waals surface area contributed by atoms with E-state index in [-0.39, 0.29) is 0 Å². The number of hydrogen-bond acceptors (Lipinski definition) is 3. The predicted octanol–water partition coefficient (Wildman–Crippen LogP) is 4.72. The molecule has 0 amide bonds. The lowest BCUT2D eigenvalue weighted by Gasteiger charge is -2.21. The Morgan fingerprint density at radius 2 is 2.00 bits per heavy atom. The Bertz CT molecular complexity index is 572. The summed E-state index contributed by atoms with van der Waals surface area (Å²) < 4.78 is 7.47. The molecule has 1 N–H and O–H groups in total. The maximum Gasteiger partial charge on any atom is 0.0734 e. The Morgan fingerprint density at radius 1 is 1.19 bits per heavy atom. The lowest BCUT2D eigenvalue weighted by Crippen LogP contribution is -2.13. The van der Waals surface area contributed by atoms with Crippen LogP contribution in [0, 0.1) is 5.92 Å². The summed E-state index contributed by atoms with van der Waals surface area (Å²) in [6.45, 7) is 2.63. The molecule has 3 rings (SSSR count). The highest BCUT2D eigenvalue weighted by Gasteiger charge is 2.15. The first-order valence-electron chi connectivity index (χ1n) is 8.10. The van der Waals surface area contributed by atoms with Gasteiger partial charge >= 0.3 is 0 Å². The van der Waals surface area contributed by atoms with Crippen molar-refractivity contribution in [2.45, 2.75) is 45.3 Å². The highest BCUT2D eigenvalue weighted by molar-refractivity contribution is 7.19. The monoisotopic (exact) mass is 303 g/mol. The van der Waals surface area contributed by atoms with Crippen LogP contribution >= 0.6 is 11.3 Å². The lowest BCUT2D eigenvalue weighted by atomic mass is 9.90. The summed E-state index contributed by atoms with van der Waals surface area (Å²) in [5.41, 5.74) is 1.39. The zero-order chi connectivity index (χ0) is 14.5. The van der Waals surface area contributed by atoms with Crippen molar-refractivity contribution in [2.75, 3.05) is 13.7 Å². The Balaban J connectivity index is 1.68. The number of hydrogen-bond donors (Lipinski definition) is 1. The van der Waals surface area contributed by atoms with E-state index in [2.05, 4.69) is 29.6 Å². The van der Waals surface area contributed by atoms with Crippen LogP contribution in [0.2, 0.25) is 0 Å². The number of ether oxygens (including phenoxy) is 1. The Labute approximate surface area is 131 Å². The van der Waals surface area contributed by atoms with E-state index in [0.717, 1.165) is 25.7 Å². The van der Waals surface area contributed by atoms with Crippen LogP contribution in [0.3, 0.4) is 0 Å². The minimum absolute atomic E-state index is 0.761. The molecule has 0 bridgehead atoms. The van der Waals surface area contributed by atoms with Gasteiger partial charge in [0.2, 0.25) is 0 Å². The summed E-state index contributed by atoms with van der Waals surface area (Å²) >= 11 is 1.89. The molecular weight excluding hydrogens is 278 g/mol. The van der Waals surface area contributed by atoms with Crippen LogP contribution in [0.1, 0.15) is 42.5 Å². The van der Waals surface area contributed by atoms with E-state index in [9.17, 15) is 0 Å². The smallest absolute Gasteiger partial charge is 0.0734 e. The first kappa shape index (κ1) is 15.0. The Kier molecular flexibility index (Phi) is 5.28. The van der Waals surface area contributed by atoms with Crippen LogP contribution in [-0.2, 0) is 17.9 Å². The second-order valence-corrected chi connectivity index (χ2v) is 7.19. The third kappa shape index (κ3) is 3.65. The molecule has 1 aromatic carbocycles. The molecule has 114 valence electrons. The molecular formula is C18H25NOS. The van der Waals surface area contributed by atoms with E-state index in [1.54, 1.807) is 0 Å². The van der Waals surface area contributed by atoms with Crippen molar-refractivity contribution in [3.05, 3.63) is 34.7 Å². The molecule has 0 unspecified atom stereocenters. The van der Waals surface area contributed by atoms with Gasteiger partial charge in [-0.15, -0.1) is 11.3 Å². The van der Waals surface area contributed by atoms with Crippen molar-refractivity contribution in [2.24, 2.45) is 5.92 Å². The van der Waals surface area contributed by atoms with Crippen LogP contribution < -0.4 is 5.32 Å². The first-order valence-corrected chi connectivity index (χ1v) is 8.91. The number of nitrogens with one attached hydrogen (secondary N) is 1. The molecule has 1 aliphatic carbocycles. The van der Waals surface area contributed by atoms with Gasteiger partial charge in [-0.1, -0.05) is 37.5 Å². The van der Waals surface area contributed by atoms with Crippen LogP contribution in [-0.4, -0.2) is 13.7 Å². The third-order valence-electron chi connectivity index (χ3n) is 4.44. The SMILES string of the molecule is CNCc1sc2ccccc2c1COCC1CCCCC1. The molecule has 1 aromatic heterocycles. The molecule has 0 atom stereocenters. The minimum Gasteiger partial charge on any atom is -0.376 e. The van der Waals surface area contributed by atoms with Crippen LogP contribution in [0.15, 0.2) is 24.3 Å². The molecule has 21 heavy (non-hydrogen) atoms. The van der Waals surface area contributed by atoms with Gasteiger partial charge in [-0.3, -0.25) is 0 Å². The fourth-order valence-electron chi connectivity index (χ4n) is 3.29. The van der Waals surface area contributed by atoms with E-state index >= 15 is 0 Å². The maximum atomic E-state index is 6.09. The highest BCUT2D eigenvalue weighted by atomic mass is 32.1. The number of thiophene rings is 1. The summed E-state index contributed by atoms with van der Waals surface area (Å²) in [4.78, 5) is 1.42. The fourth-order valence-corrected chi connectivity index (χ4v) is 4.51. The summed E-state index contributed by atoms with van der Waals surface area (Å²) in [7, 11) is 2.01. The summed E-state index contributed by atoms with van der Waals surface area (Å²) in [6, 6.07) is 8.69. The minimum atomic E-state index is 0.761. The van der Waals surface area contributed by atoms with Crippen molar-refractivity contribution in [1.29, 1.82) is 0 Å². The molecule has 1 heterocycles. The molecule has 1 fully saturated rings. The van der Waals surface area contributed by atoms with E-state index in [0.29, 0.717) is 0 Å². The molecule has 1 saturated carbocycles. The van der Waals surface area contributed by atoms with Gasteiger partial charge in [0.1, 0.15) is 0 Å². The van der Waals surface area contributed by atoms with Gasteiger partial charge in [-0.2, -0.15) is 0 Å². The maximum absolute atomic E-state index is 6.09. The Morgan fingerprint density at radius 3 is 2.81 bits per heavy atom. The van der Waals surface area contributed by atoms with Crippen molar-refractivity contribution in [3.8, 4) is 0 Å². The molecule has 0 aliphatic heterocycles. The average molecular weight is 303 g/mol. The van der Waals surface area contributed by atoms with Crippen molar-refractivity contribution < 1.29 is 4.74 Å². The molecule has 0 spiro atoms. The number of rotatable bonds is 6. The summed E-state index contributed by atoms with van der Waals surface area (Å²) in [5, 5.41) is 4.65. The van der Waals surface area contributed by atoms with E-state index < -0.39 is 0 Å². The normalized spacial score (nSPS) is 16.6. The van der Waals surface area contributed by atoms with E-state index in [4.69, 9.17) is 4.74 Å². The van der Waals surface area contributed by atoms with Crippen LogP contribution in [0.4, 0.5) is 0 Å². The zero-order valence-corrected chi connectivity index (χ0v) is 13.7. The predicted molar refractivity (Wildman–Crippen MR) is 90.8 cm³/mol. The lowest BCUT2D eigenvalue weighted by molar-refractivity contribution is 0.0743. The molecule has 0 radical (unpaired) electrons. The van der Waals surface area contributed by atoms with E-state index in [1.807, 2.05) is 18.4 Å². The Hall–Kier alpha value is -0.900. The largest absolute Gasteiger partial charge is 0.376 e. The van der Waals surface area contributed by atoms with Gasteiger partial charge in [0.05, 0.1) is 6.61 Å². The van der Waals surface area contributed by atoms with Gasteiger partial charge in [0.15, 0.2) is 0 Å². The van der Waals surface area contributed by atoms with Crippen molar-refractivity contribution >= 4 is 21.4 Å². The van der Waals surface area contributed by atoms with Crippen molar-refractivity contribution in [1.82, 2.24) is 5.32 Å². The van der Waals surface area contributed by atoms with Gasteiger partial charge in [0.25, 0.3) is 0 Å². The number of fused-ring (bicyclic) bond motifs is 1. The van der Waals surface area contributed by atoms with Gasteiger partial charge in [-0.25, -0.2) is 0 Å². The quantitative estimate of drug-likeness (QED) is 0.834. The van der Waals surface area contributed by atoms with Crippen molar-refractivity contribution in [3.63, 3.8) is 0 Å². The summed E-state index contributed by atoms with van der Waals surface area (Å²) in [6.07, 6.45) is 6.90. The van der Waals surface area contributed by atoms with Gasteiger partial charge in [0, 0.05) is 28.3 Å². The second-order valence-electron chi connectivity index (χ2n) is 6.05. The molecule has 0 saturated heterocycles. The standard InChI is InChI=1S/C18H25NOS/c1-19-11-18-16(15-9-5-6-10-17(15)21-18)13-20-12-14-7-3-2-4-8-14/h5-6,9-10,14,19H,2-4,7-8,11-13H2,1H3. The zero-order valence-electron chi connectivity index (χ0n) is 12.9. The topological polar surface area (TPSA) is 21.3 Å².